The van der Waals surface area contributed by atoms with Gasteiger partial charge in [0.1, 0.15) is 0 Å². The standard InChI is InChI=1S/C34H24/c1-3-9-31-23-25(13-17-27(31)7-1)15-19-29-21-22-30(34-12-6-5-11-33(29)34)20-16-26-14-18-28-8-2-4-10-32(28)24-26/h1-24H/b19-15+,20-16+. The number of rotatable bonds is 4. The van der Waals surface area contributed by atoms with Crippen molar-refractivity contribution in [1.29, 1.82) is 0 Å². The molecule has 0 aliphatic carbocycles. The van der Waals surface area contributed by atoms with Crippen molar-refractivity contribution in [2.24, 2.45) is 0 Å². The van der Waals surface area contributed by atoms with Crippen molar-refractivity contribution < 1.29 is 0 Å². The average Bonchev–Trinajstić information content (AvgIpc) is 2.90. The first-order valence-corrected chi connectivity index (χ1v) is 11.7. The second kappa shape index (κ2) is 8.84. The van der Waals surface area contributed by atoms with Crippen LogP contribution in [0.5, 0.6) is 0 Å². The quantitative estimate of drug-likeness (QED) is 0.243. The molecular formula is C34H24. The van der Waals surface area contributed by atoms with Crippen molar-refractivity contribution in [3.8, 4) is 0 Å². The summed E-state index contributed by atoms with van der Waals surface area (Å²) in [6, 6.07) is 43.3. The Morgan fingerprint density at radius 1 is 0.324 bits per heavy atom. The van der Waals surface area contributed by atoms with Crippen LogP contribution in [0.15, 0.2) is 121 Å². The molecule has 6 aromatic carbocycles. The van der Waals surface area contributed by atoms with Gasteiger partial charge >= 0.3 is 0 Å². The lowest BCUT2D eigenvalue weighted by Gasteiger charge is -2.07. The molecule has 160 valence electrons. The van der Waals surface area contributed by atoms with E-state index in [-0.39, 0.29) is 0 Å². The fourth-order valence-corrected chi connectivity index (χ4v) is 4.63. The van der Waals surface area contributed by atoms with Crippen molar-refractivity contribution in [3.63, 3.8) is 0 Å². The van der Waals surface area contributed by atoms with Gasteiger partial charge in [-0.25, -0.2) is 0 Å². The molecule has 0 aliphatic heterocycles. The molecule has 0 unspecified atom stereocenters. The van der Waals surface area contributed by atoms with E-state index in [1.165, 1.54) is 54.6 Å². The van der Waals surface area contributed by atoms with Crippen LogP contribution in [0.1, 0.15) is 22.3 Å². The number of benzene rings is 6. The smallest absolute Gasteiger partial charge is 0.0105 e. The Bertz CT molecular complexity index is 1570. The largest absolute Gasteiger partial charge is 0.0616 e. The number of hydrogen-bond donors (Lipinski definition) is 0. The lowest BCUT2D eigenvalue weighted by Crippen LogP contribution is -1.83. The van der Waals surface area contributed by atoms with Crippen LogP contribution in [0, 0.1) is 0 Å². The van der Waals surface area contributed by atoms with E-state index in [1.807, 2.05) is 0 Å². The molecule has 6 rings (SSSR count). The van der Waals surface area contributed by atoms with Gasteiger partial charge < -0.3 is 0 Å². The molecule has 0 nitrogen and oxygen atoms in total. The Hall–Kier alpha value is -4.42. The van der Waals surface area contributed by atoms with Crippen LogP contribution in [-0.4, -0.2) is 0 Å². The molecule has 0 heteroatoms. The van der Waals surface area contributed by atoms with Crippen molar-refractivity contribution in [3.05, 3.63) is 144 Å². The summed E-state index contributed by atoms with van der Waals surface area (Å²) < 4.78 is 0. The summed E-state index contributed by atoms with van der Waals surface area (Å²) in [6.45, 7) is 0. The molecular weight excluding hydrogens is 408 g/mol. The minimum atomic E-state index is 1.21. The zero-order chi connectivity index (χ0) is 22.7. The molecule has 0 atom stereocenters. The van der Waals surface area contributed by atoms with Crippen molar-refractivity contribution >= 4 is 56.6 Å². The van der Waals surface area contributed by atoms with Crippen LogP contribution in [0.3, 0.4) is 0 Å². The van der Waals surface area contributed by atoms with Crippen LogP contribution in [0.2, 0.25) is 0 Å². The first-order chi connectivity index (χ1) is 16.8. The van der Waals surface area contributed by atoms with Gasteiger partial charge in [0.15, 0.2) is 0 Å². The third-order valence-corrected chi connectivity index (χ3v) is 6.45. The van der Waals surface area contributed by atoms with Gasteiger partial charge in [-0.15, -0.1) is 0 Å². The molecule has 0 fully saturated rings. The molecule has 0 aliphatic rings. The fourth-order valence-electron chi connectivity index (χ4n) is 4.63. The highest BCUT2D eigenvalue weighted by Gasteiger charge is 2.03. The first-order valence-electron chi connectivity index (χ1n) is 11.7. The number of hydrogen-bond acceptors (Lipinski definition) is 0. The normalized spacial score (nSPS) is 11.9. The SMILES string of the molecule is C(=C\c1ccc(/C=C/c2ccc3ccccc3c2)c2ccccc12)/c1ccc2ccccc2c1. The summed E-state index contributed by atoms with van der Waals surface area (Å²) in [5, 5.41) is 7.60. The predicted molar refractivity (Wildman–Crippen MR) is 150 cm³/mol. The Kier molecular flexibility index (Phi) is 5.26. The highest BCUT2D eigenvalue weighted by molar-refractivity contribution is 5.99. The third kappa shape index (κ3) is 4.02. The Labute approximate surface area is 200 Å². The topological polar surface area (TPSA) is 0 Å². The average molecular weight is 433 g/mol. The zero-order valence-corrected chi connectivity index (χ0v) is 18.9. The van der Waals surface area contributed by atoms with E-state index in [9.17, 15) is 0 Å². The second-order valence-corrected chi connectivity index (χ2v) is 8.67. The van der Waals surface area contributed by atoms with Gasteiger partial charge in [-0.2, -0.15) is 0 Å². The molecule has 0 radical (unpaired) electrons. The van der Waals surface area contributed by atoms with Crippen molar-refractivity contribution in [1.82, 2.24) is 0 Å². The van der Waals surface area contributed by atoms with Gasteiger partial charge in [0.05, 0.1) is 0 Å². The van der Waals surface area contributed by atoms with E-state index in [1.54, 1.807) is 0 Å². The minimum absolute atomic E-state index is 1.21. The Morgan fingerprint density at radius 3 is 1.21 bits per heavy atom. The molecule has 34 heavy (non-hydrogen) atoms. The molecule has 0 aromatic heterocycles. The van der Waals surface area contributed by atoms with Crippen LogP contribution in [0.25, 0.3) is 56.6 Å². The van der Waals surface area contributed by atoms with E-state index in [2.05, 4.69) is 146 Å². The van der Waals surface area contributed by atoms with E-state index in [4.69, 9.17) is 0 Å². The first kappa shape index (κ1) is 20.2. The minimum Gasteiger partial charge on any atom is -0.0616 e. The maximum atomic E-state index is 2.24. The lowest BCUT2D eigenvalue weighted by molar-refractivity contribution is 1.67. The second-order valence-electron chi connectivity index (χ2n) is 8.67. The van der Waals surface area contributed by atoms with Crippen molar-refractivity contribution in [2.45, 2.75) is 0 Å². The van der Waals surface area contributed by atoms with Crippen LogP contribution in [0.4, 0.5) is 0 Å². The van der Waals surface area contributed by atoms with Gasteiger partial charge in [0, 0.05) is 0 Å². The van der Waals surface area contributed by atoms with Gasteiger partial charge in [-0.3, -0.25) is 0 Å². The Morgan fingerprint density at radius 2 is 0.735 bits per heavy atom. The molecule has 0 saturated carbocycles. The summed E-state index contributed by atoms with van der Waals surface area (Å²) in [5.41, 5.74) is 4.88. The Balaban J connectivity index is 1.34. The van der Waals surface area contributed by atoms with Crippen LogP contribution >= 0.6 is 0 Å². The summed E-state index contributed by atoms with van der Waals surface area (Å²) >= 11 is 0. The van der Waals surface area contributed by atoms with Crippen LogP contribution < -0.4 is 0 Å². The maximum absolute atomic E-state index is 2.24. The van der Waals surface area contributed by atoms with Gasteiger partial charge in [-0.05, 0) is 66.7 Å². The van der Waals surface area contributed by atoms with E-state index < -0.39 is 0 Å². The molecule has 0 amide bonds. The highest BCUT2D eigenvalue weighted by Crippen LogP contribution is 2.27. The molecule has 0 spiro atoms. The predicted octanol–water partition coefficient (Wildman–Crippen LogP) is 9.49. The number of fused-ring (bicyclic) bond motifs is 3. The molecule has 0 bridgehead atoms. The third-order valence-electron chi connectivity index (χ3n) is 6.45. The summed E-state index contributed by atoms with van der Waals surface area (Å²) in [4.78, 5) is 0. The van der Waals surface area contributed by atoms with Gasteiger partial charge in [-0.1, -0.05) is 133 Å². The van der Waals surface area contributed by atoms with Crippen LogP contribution in [-0.2, 0) is 0 Å². The molecule has 6 aromatic rings. The lowest BCUT2D eigenvalue weighted by atomic mass is 9.97. The monoisotopic (exact) mass is 432 g/mol. The highest BCUT2D eigenvalue weighted by atomic mass is 14.1. The van der Waals surface area contributed by atoms with E-state index in [0.29, 0.717) is 0 Å². The molecule has 0 saturated heterocycles. The summed E-state index contributed by atoms with van der Waals surface area (Å²) in [6.07, 6.45) is 8.87. The fraction of sp³-hybridized carbons (Fsp3) is 0. The molecule has 0 heterocycles. The summed E-state index contributed by atoms with van der Waals surface area (Å²) in [7, 11) is 0. The van der Waals surface area contributed by atoms with Crippen molar-refractivity contribution in [2.75, 3.05) is 0 Å². The van der Waals surface area contributed by atoms with Gasteiger partial charge in [0.25, 0.3) is 0 Å². The maximum Gasteiger partial charge on any atom is -0.0105 e. The van der Waals surface area contributed by atoms with E-state index >= 15 is 0 Å². The van der Waals surface area contributed by atoms with Gasteiger partial charge in [0.2, 0.25) is 0 Å². The molecule has 0 N–H and O–H groups in total. The van der Waals surface area contributed by atoms with E-state index in [0.717, 1.165) is 0 Å². The zero-order valence-electron chi connectivity index (χ0n) is 18.9. The summed E-state index contributed by atoms with van der Waals surface area (Å²) in [5.74, 6) is 0.